The maximum Gasteiger partial charge on any atom is 0.320 e. The van der Waals surface area contributed by atoms with E-state index in [9.17, 15) is 13.6 Å². The van der Waals surface area contributed by atoms with Gasteiger partial charge in [0.1, 0.15) is 23.5 Å². The Kier molecular flexibility index (Phi) is 5.17. The highest BCUT2D eigenvalue weighted by molar-refractivity contribution is 5.91. The fourth-order valence-electron chi connectivity index (χ4n) is 3.75. The first-order chi connectivity index (χ1) is 13.6. The highest BCUT2D eigenvalue weighted by atomic mass is 19.1. The van der Waals surface area contributed by atoms with Gasteiger partial charge in [0, 0.05) is 12.0 Å². The number of anilines is 1. The Bertz CT molecular complexity index is 844. The zero-order chi connectivity index (χ0) is 19.6. The molecule has 0 radical (unpaired) electrons. The topological polar surface area (TPSA) is 59.6 Å². The van der Waals surface area contributed by atoms with Gasteiger partial charge in [0.2, 0.25) is 0 Å². The Labute approximate surface area is 162 Å². The minimum atomic E-state index is -1.03. The Balaban J connectivity index is 1.50. The number of ether oxygens (including phenoxy) is 2. The second-order valence-electron chi connectivity index (χ2n) is 7.21. The van der Waals surface area contributed by atoms with E-state index in [2.05, 4.69) is 10.6 Å². The molecule has 2 amide bonds. The van der Waals surface area contributed by atoms with Crippen LogP contribution in [0.1, 0.15) is 31.2 Å². The van der Waals surface area contributed by atoms with Crippen LogP contribution in [0.15, 0.2) is 42.5 Å². The highest BCUT2D eigenvalue weighted by Gasteiger charge is 2.44. The first-order valence-electron chi connectivity index (χ1n) is 9.44. The molecule has 2 fully saturated rings. The van der Waals surface area contributed by atoms with E-state index < -0.39 is 23.2 Å². The number of hydrogen-bond acceptors (Lipinski definition) is 3. The molecule has 1 unspecified atom stereocenters. The van der Waals surface area contributed by atoms with Crippen LogP contribution < -0.4 is 15.4 Å². The smallest absolute Gasteiger partial charge is 0.320 e. The number of carbonyl (C=O) groups is 1. The quantitative estimate of drug-likeness (QED) is 0.801. The van der Waals surface area contributed by atoms with Gasteiger partial charge in [0.25, 0.3) is 0 Å². The van der Waals surface area contributed by atoms with Crippen molar-refractivity contribution in [1.29, 1.82) is 0 Å². The number of rotatable bonds is 5. The maximum atomic E-state index is 14.3. The van der Waals surface area contributed by atoms with Crippen molar-refractivity contribution in [3.05, 3.63) is 59.7 Å². The zero-order valence-electron chi connectivity index (χ0n) is 15.3. The first kappa shape index (κ1) is 18.7. The third-order valence-electron chi connectivity index (χ3n) is 5.32. The fourth-order valence-corrected chi connectivity index (χ4v) is 3.75. The minimum Gasteiger partial charge on any atom is -0.486 e. The van der Waals surface area contributed by atoms with Gasteiger partial charge in [-0.05, 0) is 43.5 Å². The van der Waals surface area contributed by atoms with E-state index in [0.717, 1.165) is 12.8 Å². The molecule has 4 rings (SSSR count). The van der Waals surface area contributed by atoms with Crippen LogP contribution in [-0.4, -0.2) is 25.3 Å². The van der Waals surface area contributed by atoms with Gasteiger partial charge in [0.05, 0.1) is 24.4 Å². The molecule has 0 spiro atoms. The molecule has 7 heteroatoms. The summed E-state index contributed by atoms with van der Waals surface area (Å²) in [6, 6.07) is 10.3. The van der Waals surface area contributed by atoms with Gasteiger partial charge in [-0.15, -0.1) is 0 Å². The second kappa shape index (κ2) is 7.75. The van der Waals surface area contributed by atoms with Crippen molar-refractivity contribution in [1.82, 2.24) is 5.32 Å². The molecule has 1 aliphatic heterocycles. The monoisotopic (exact) mass is 388 g/mol. The molecule has 2 aromatic carbocycles. The van der Waals surface area contributed by atoms with Gasteiger partial charge < -0.3 is 20.1 Å². The normalized spacial score (nSPS) is 20.3. The third kappa shape index (κ3) is 3.67. The summed E-state index contributed by atoms with van der Waals surface area (Å²) in [5.41, 5.74) is -0.617. The van der Waals surface area contributed by atoms with Crippen LogP contribution in [0.5, 0.6) is 5.75 Å². The minimum absolute atomic E-state index is 0.0588. The van der Waals surface area contributed by atoms with Crippen molar-refractivity contribution >= 4 is 11.7 Å². The molecular formula is C21H22F2N2O3. The van der Waals surface area contributed by atoms with Crippen LogP contribution in [0.25, 0.3) is 0 Å². The largest absolute Gasteiger partial charge is 0.486 e. The van der Waals surface area contributed by atoms with E-state index in [1.165, 1.54) is 18.2 Å². The first-order valence-corrected chi connectivity index (χ1v) is 9.44. The summed E-state index contributed by atoms with van der Waals surface area (Å²) in [5, 5.41) is 5.54. The van der Waals surface area contributed by atoms with E-state index in [1.54, 1.807) is 18.2 Å². The number of halogens is 2. The molecule has 2 N–H and O–H groups in total. The average molecular weight is 388 g/mol. The summed E-state index contributed by atoms with van der Waals surface area (Å²) in [7, 11) is 0. The molecule has 2 aliphatic rings. The van der Waals surface area contributed by atoms with Gasteiger partial charge in [-0.2, -0.15) is 0 Å². The standard InChI is InChI=1S/C21H22F2N2O3/c22-15-5-3-6-16(23)19(15)21(10-4-11-21)25-20(26)24-17-7-1-2-8-18(17)28-14-9-12-27-13-14/h1-3,5-8,14H,4,9-13H2,(H2,24,25,26). The van der Waals surface area contributed by atoms with Crippen LogP contribution in [0.3, 0.4) is 0 Å². The number of para-hydroxylation sites is 2. The Hall–Kier alpha value is -2.67. The van der Waals surface area contributed by atoms with Gasteiger partial charge in [0.15, 0.2) is 0 Å². The van der Waals surface area contributed by atoms with Crippen LogP contribution >= 0.6 is 0 Å². The van der Waals surface area contributed by atoms with Gasteiger partial charge in [-0.1, -0.05) is 18.2 Å². The fraction of sp³-hybridized carbons (Fsp3) is 0.381. The SMILES string of the molecule is O=C(Nc1ccccc1OC1CCOC1)NC1(c2c(F)cccc2F)CCC1. The molecule has 148 valence electrons. The summed E-state index contributed by atoms with van der Waals surface area (Å²) >= 11 is 0. The van der Waals surface area contributed by atoms with Gasteiger partial charge in [-0.3, -0.25) is 0 Å². The number of urea groups is 1. The van der Waals surface area contributed by atoms with Crippen molar-refractivity contribution in [2.45, 2.75) is 37.3 Å². The lowest BCUT2D eigenvalue weighted by atomic mass is 9.71. The summed E-state index contributed by atoms with van der Waals surface area (Å²) in [6.45, 7) is 1.16. The van der Waals surface area contributed by atoms with E-state index in [1.807, 2.05) is 6.07 Å². The van der Waals surface area contributed by atoms with Crippen LogP contribution in [-0.2, 0) is 10.3 Å². The van der Waals surface area contributed by atoms with Gasteiger partial charge >= 0.3 is 6.03 Å². The maximum absolute atomic E-state index is 14.3. The van der Waals surface area contributed by atoms with Crippen LogP contribution in [0.2, 0.25) is 0 Å². The molecule has 1 saturated carbocycles. The molecule has 1 aliphatic carbocycles. The summed E-state index contributed by atoms with van der Waals surface area (Å²) in [6.07, 6.45) is 2.48. The Morgan fingerprint density at radius 3 is 2.50 bits per heavy atom. The number of nitrogens with one attached hydrogen (secondary N) is 2. The van der Waals surface area contributed by atoms with Crippen molar-refractivity contribution in [3.8, 4) is 5.75 Å². The summed E-state index contributed by atoms with van der Waals surface area (Å²) in [5.74, 6) is -0.761. The lowest BCUT2D eigenvalue weighted by Crippen LogP contribution is -2.53. The number of amides is 2. The molecule has 1 heterocycles. The number of carbonyl (C=O) groups excluding carboxylic acids is 1. The lowest BCUT2D eigenvalue weighted by molar-refractivity contribution is 0.141. The molecule has 2 aromatic rings. The molecule has 1 saturated heterocycles. The van der Waals surface area contributed by atoms with E-state index in [-0.39, 0.29) is 11.7 Å². The highest BCUT2D eigenvalue weighted by Crippen LogP contribution is 2.43. The molecule has 5 nitrogen and oxygen atoms in total. The third-order valence-corrected chi connectivity index (χ3v) is 5.32. The average Bonchev–Trinajstić information content (AvgIpc) is 3.14. The Morgan fingerprint density at radius 2 is 1.86 bits per heavy atom. The van der Waals surface area contributed by atoms with Crippen molar-refractivity contribution in [3.63, 3.8) is 0 Å². The number of hydrogen-bond donors (Lipinski definition) is 2. The molecule has 28 heavy (non-hydrogen) atoms. The molecular weight excluding hydrogens is 366 g/mol. The van der Waals surface area contributed by atoms with Crippen molar-refractivity contribution < 1.29 is 23.0 Å². The van der Waals surface area contributed by atoms with Crippen molar-refractivity contribution in [2.24, 2.45) is 0 Å². The summed E-state index contributed by atoms with van der Waals surface area (Å²) in [4.78, 5) is 12.7. The molecule has 0 bridgehead atoms. The van der Waals surface area contributed by atoms with Crippen LogP contribution in [0.4, 0.5) is 19.3 Å². The second-order valence-corrected chi connectivity index (χ2v) is 7.21. The lowest BCUT2D eigenvalue weighted by Gasteiger charge is -2.43. The Morgan fingerprint density at radius 1 is 1.11 bits per heavy atom. The number of benzene rings is 2. The molecule has 0 aromatic heterocycles. The van der Waals surface area contributed by atoms with E-state index >= 15 is 0 Å². The van der Waals surface area contributed by atoms with E-state index in [4.69, 9.17) is 9.47 Å². The predicted octanol–water partition coefficient (Wildman–Crippen LogP) is 4.33. The predicted molar refractivity (Wildman–Crippen MR) is 100 cm³/mol. The van der Waals surface area contributed by atoms with Gasteiger partial charge in [-0.25, -0.2) is 13.6 Å². The van der Waals surface area contributed by atoms with Crippen molar-refractivity contribution in [2.75, 3.05) is 18.5 Å². The zero-order valence-corrected chi connectivity index (χ0v) is 15.3. The summed E-state index contributed by atoms with van der Waals surface area (Å²) < 4.78 is 39.8. The van der Waals surface area contributed by atoms with E-state index in [0.29, 0.717) is 37.5 Å². The molecule has 1 atom stereocenters. The van der Waals surface area contributed by atoms with Crippen LogP contribution in [0, 0.1) is 11.6 Å².